The summed E-state index contributed by atoms with van der Waals surface area (Å²) in [5.74, 6) is -0.519. The van der Waals surface area contributed by atoms with Gasteiger partial charge in [0, 0.05) is 6.04 Å². The van der Waals surface area contributed by atoms with Gasteiger partial charge in [0.25, 0.3) is 0 Å². The van der Waals surface area contributed by atoms with Gasteiger partial charge in [-0.2, -0.15) is 0 Å². The smallest absolute Gasteiger partial charge is 0.237 e. The van der Waals surface area contributed by atoms with Gasteiger partial charge in [-0.15, -0.1) is 0 Å². The zero-order chi connectivity index (χ0) is 9.84. The van der Waals surface area contributed by atoms with Crippen LogP contribution in [0.2, 0.25) is 0 Å². The molecule has 0 aromatic carbocycles. The Morgan fingerprint density at radius 1 is 1.54 bits per heavy atom. The van der Waals surface area contributed by atoms with Crippen molar-refractivity contribution in [1.29, 1.82) is 0 Å². The summed E-state index contributed by atoms with van der Waals surface area (Å²) in [4.78, 5) is 21.7. The van der Waals surface area contributed by atoms with Crippen LogP contribution in [-0.2, 0) is 9.59 Å². The Kier molecular flexibility index (Phi) is 3.25. The maximum absolute atomic E-state index is 11.3. The summed E-state index contributed by atoms with van der Waals surface area (Å²) < 4.78 is 0. The van der Waals surface area contributed by atoms with Crippen LogP contribution >= 0.6 is 0 Å². The van der Waals surface area contributed by atoms with E-state index in [1.165, 1.54) is 0 Å². The summed E-state index contributed by atoms with van der Waals surface area (Å²) >= 11 is 0. The van der Waals surface area contributed by atoms with Gasteiger partial charge < -0.3 is 11.1 Å². The fraction of sp³-hybridized carbons (Fsp3) is 0.750. The largest absolute Gasteiger partial charge is 0.369 e. The highest BCUT2D eigenvalue weighted by atomic mass is 16.2. The van der Waals surface area contributed by atoms with Crippen molar-refractivity contribution in [2.45, 2.75) is 31.8 Å². The van der Waals surface area contributed by atoms with Gasteiger partial charge in [-0.3, -0.25) is 14.9 Å². The fourth-order valence-corrected chi connectivity index (χ4v) is 0.900. The molecule has 1 aliphatic rings. The third-order valence-corrected chi connectivity index (χ3v) is 1.90. The van der Waals surface area contributed by atoms with Gasteiger partial charge in [0.15, 0.2) is 0 Å². The van der Waals surface area contributed by atoms with Gasteiger partial charge in [0.2, 0.25) is 11.8 Å². The Hall–Kier alpha value is -1.10. The molecule has 0 saturated heterocycles. The second-order valence-corrected chi connectivity index (χ2v) is 3.35. The second-order valence-electron chi connectivity index (χ2n) is 3.35. The predicted molar refractivity (Wildman–Crippen MR) is 47.8 cm³/mol. The average Bonchev–Trinajstić information content (AvgIpc) is 2.83. The van der Waals surface area contributed by atoms with Gasteiger partial charge in [-0.25, -0.2) is 0 Å². The van der Waals surface area contributed by atoms with Crippen molar-refractivity contribution in [3.63, 3.8) is 0 Å². The van der Waals surface area contributed by atoms with E-state index in [0.29, 0.717) is 6.04 Å². The van der Waals surface area contributed by atoms with E-state index in [4.69, 9.17) is 5.73 Å². The van der Waals surface area contributed by atoms with Crippen LogP contribution in [0.15, 0.2) is 0 Å². The van der Waals surface area contributed by atoms with Crippen LogP contribution in [0.3, 0.4) is 0 Å². The number of rotatable bonds is 5. The van der Waals surface area contributed by atoms with Crippen molar-refractivity contribution in [2.24, 2.45) is 5.73 Å². The molecule has 5 heteroatoms. The number of amides is 2. The summed E-state index contributed by atoms with van der Waals surface area (Å²) in [6.45, 7) is 1.75. The third-order valence-electron chi connectivity index (χ3n) is 1.90. The number of hydrogen-bond donors (Lipinski definition) is 3. The monoisotopic (exact) mass is 185 g/mol. The summed E-state index contributed by atoms with van der Waals surface area (Å²) in [5.41, 5.74) is 4.92. The summed E-state index contributed by atoms with van der Waals surface area (Å²) in [5, 5.41) is 5.55. The molecule has 1 rings (SSSR count). The van der Waals surface area contributed by atoms with Gasteiger partial charge >= 0.3 is 0 Å². The summed E-state index contributed by atoms with van der Waals surface area (Å²) in [7, 11) is 0. The van der Waals surface area contributed by atoms with Crippen LogP contribution in [0.1, 0.15) is 19.8 Å². The predicted octanol–water partition coefficient (Wildman–Crippen LogP) is -1.27. The first-order valence-electron chi connectivity index (χ1n) is 4.41. The summed E-state index contributed by atoms with van der Waals surface area (Å²) in [6, 6.07) is -0.00146. The number of carbonyl (C=O) groups is 2. The Morgan fingerprint density at radius 2 is 2.15 bits per heavy atom. The van der Waals surface area contributed by atoms with Crippen LogP contribution in [0, 0.1) is 0 Å². The van der Waals surface area contributed by atoms with E-state index in [0.717, 1.165) is 12.8 Å². The normalized spacial score (nSPS) is 17.9. The molecule has 4 N–H and O–H groups in total. The van der Waals surface area contributed by atoms with E-state index in [1.807, 2.05) is 0 Å². The quantitative estimate of drug-likeness (QED) is 0.499. The standard InChI is InChI=1S/C8H15N3O2/c1-5(10-4-7(9)12)8(13)11-6-2-3-6/h5-6,10H,2-4H2,1H3,(H2,9,12)(H,11,13). The number of nitrogens with two attached hydrogens (primary N) is 1. The average molecular weight is 185 g/mol. The molecule has 0 radical (unpaired) electrons. The Labute approximate surface area is 77.1 Å². The molecule has 0 aromatic heterocycles. The number of nitrogens with one attached hydrogen (secondary N) is 2. The highest BCUT2D eigenvalue weighted by Gasteiger charge is 2.25. The molecular formula is C8H15N3O2. The van der Waals surface area contributed by atoms with Crippen LogP contribution in [0.25, 0.3) is 0 Å². The Balaban J connectivity index is 2.16. The SMILES string of the molecule is CC(NCC(N)=O)C(=O)NC1CC1. The molecule has 1 atom stereocenters. The van der Waals surface area contributed by atoms with Crippen molar-refractivity contribution in [3.8, 4) is 0 Å². The molecule has 1 fully saturated rings. The van der Waals surface area contributed by atoms with Crippen LogP contribution in [-0.4, -0.2) is 30.4 Å². The van der Waals surface area contributed by atoms with E-state index in [-0.39, 0.29) is 18.5 Å². The first-order valence-corrected chi connectivity index (χ1v) is 4.41. The minimum atomic E-state index is -0.453. The fourth-order valence-electron chi connectivity index (χ4n) is 0.900. The van der Waals surface area contributed by atoms with E-state index < -0.39 is 5.91 Å². The zero-order valence-electron chi connectivity index (χ0n) is 7.67. The summed E-state index contributed by atoms with van der Waals surface area (Å²) in [6.07, 6.45) is 2.13. The molecule has 1 unspecified atom stereocenters. The van der Waals surface area contributed by atoms with E-state index in [2.05, 4.69) is 10.6 Å². The first kappa shape index (κ1) is 9.98. The molecule has 1 saturated carbocycles. The number of primary amides is 1. The lowest BCUT2D eigenvalue weighted by Gasteiger charge is -2.11. The minimum Gasteiger partial charge on any atom is -0.369 e. The molecule has 1 aliphatic carbocycles. The number of hydrogen-bond acceptors (Lipinski definition) is 3. The second kappa shape index (κ2) is 4.23. The van der Waals surface area contributed by atoms with Crippen LogP contribution in [0.5, 0.6) is 0 Å². The molecule has 0 aromatic rings. The molecular weight excluding hydrogens is 170 g/mol. The van der Waals surface area contributed by atoms with Crippen molar-refractivity contribution in [3.05, 3.63) is 0 Å². The van der Waals surface area contributed by atoms with Crippen molar-refractivity contribution < 1.29 is 9.59 Å². The molecule has 2 amide bonds. The lowest BCUT2D eigenvalue weighted by molar-refractivity contribution is -0.123. The highest BCUT2D eigenvalue weighted by Crippen LogP contribution is 2.18. The lowest BCUT2D eigenvalue weighted by Crippen LogP contribution is -2.45. The first-order chi connectivity index (χ1) is 6.09. The van der Waals surface area contributed by atoms with Gasteiger partial charge in [0.05, 0.1) is 12.6 Å². The zero-order valence-corrected chi connectivity index (χ0v) is 7.67. The van der Waals surface area contributed by atoms with Crippen LogP contribution < -0.4 is 16.4 Å². The lowest BCUT2D eigenvalue weighted by atomic mass is 10.3. The van der Waals surface area contributed by atoms with Crippen molar-refractivity contribution in [1.82, 2.24) is 10.6 Å². The van der Waals surface area contributed by atoms with Gasteiger partial charge in [0.1, 0.15) is 0 Å². The van der Waals surface area contributed by atoms with E-state index >= 15 is 0 Å². The molecule has 5 nitrogen and oxygen atoms in total. The van der Waals surface area contributed by atoms with Gasteiger partial charge in [-0.1, -0.05) is 0 Å². The Morgan fingerprint density at radius 3 is 2.62 bits per heavy atom. The van der Waals surface area contributed by atoms with Crippen molar-refractivity contribution >= 4 is 11.8 Å². The minimum absolute atomic E-state index is 0.0409. The molecule has 0 aliphatic heterocycles. The van der Waals surface area contributed by atoms with E-state index in [9.17, 15) is 9.59 Å². The Bertz CT molecular complexity index is 213. The molecule has 74 valence electrons. The maximum atomic E-state index is 11.3. The van der Waals surface area contributed by atoms with Gasteiger partial charge in [-0.05, 0) is 19.8 Å². The topological polar surface area (TPSA) is 84.2 Å². The molecule has 13 heavy (non-hydrogen) atoms. The molecule has 0 bridgehead atoms. The van der Waals surface area contributed by atoms with Crippen molar-refractivity contribution in [2.75, 3.05) is 6.54 Å². The molecule has 0 heterocycles. The van der Waals surface area contributed by atoms with E-state index in [1.54, 1.807) is 6.92 Å². The third kappa shape index (κ3) is 3.89. The van der Waals surface area contributed by atoms with Crippen LogP contribution in [0.4, 0.5) is 0 Å². The maximum Gasteiger partial charge on any atom is 0.237 e. The number of carbonyl (C=O) groups excluding carboxylic acids is 2. The highest BCUT2D eigenvalue weighted by molar-refractivity contribution is 5.83. The molecule has 0 spiro atoms.